The van der Waals surface area contributed by atoms with Crippen LogP contribution in [0.2, 0.25) is 0 Å². The number of likely N-dealkylation sites (tertiary alicyclic amines) is 1. The van der Waals surface area contributed by atoms with Crippen molar-refractivity contribution in [3.63, 3.8) is 0 Å². The van der Waals surface area contributed by atoms with Gasteiger partial charge in [0.2, 0.25) is 0 Å². The number of hydrogen-bond acceptors (Lipinski definition) is 5. The third kappa shape index (κ3) is 4.26. The lowest BCUT2D eigenvalue weighted by Gasteiger charge is -2.29. The summed E-state index contributed by atoms with van der Waals surface area (Å²) in [5.41, 5.74) is 1.87. The molecule has 5 heteroatoms. The quantitative estimate of drug-likeness (QED) is 0.920. The van der Waals surface area contributed by atoms with Crippen molar-refractivity contribution in [1.29, 1.82) is 0 Å². The number of nitrogens with zero attached hydrogens (tertiary/aromatic N) is 4. The maximum Gasteiger partial charge on any atom is 0.180 e. The molecule has 0 bridgehead atoms. The predicted octanol–water partition coefficient (Wildman–Crippen LogP) is 2.85. The summed E-state index contributed by atoms with van der Waals surface area (Å²) in [5, 5.41) is 3.51. The fourth-order valence-corrected chi connectivity index (χ4v) is 3.07. The maximum atomic E-state index is 4.66. The van der Waals surface area contributed by atoms with Crippen molar-refractivity contribution in [2.75, 3.05) is 32.0 Å². The first-order chi connectivity index (χ1) is 11.2. The Balaban J connectivity index is 1.73. The SMILES string of the molecule is CCc1cc(NCC2CCCN(C)C2)nc(-c2ccccn2)n1. The highest BCUT2D eigenvalue weighted by Crippen LogP contribution is 2.19. The second-order valence-corrected chi connectivity index (χ2v) is 6.29. The van der Waals surface area contributed by atoms with Crippen LogP contribution in [-0.2, 0) is 6.42 Å². The minimum atomic E-state index is 0.687. The molecule has 3 rings (SSSR count). The van der Waals surface area contributed by atoms with E-state index in [2.05, 4.69) is 45.2 Å². The summed E-state index contributed by atoms with van der Waals surface area (Å²) < 4.78 is 0. The Kier molecular flexibility index (Phi) is 5.18. The summed E-state index contributed by atoms with van der Waals surface area (Å²) in [4.78, 5) is 16.0. The largest absolute Gasteiger partial charge is 0.370 e. The molecule has 0 aliphatic carbocycles. The van der Waals surface area contributed by atoms with E-state index in [9.17, 15) is 0 Å². The summed E-state index contributed by atoms with van der Waals surface area (Å²) in [7, 11) is 2.20. The molecule has 0 aromatic carbocycles. The Bertz CT molecular complexity index is 629. The van der Waals surface area contributed by atoms with Gasteiger partial charge in [-0.2, -0.15) is 0 Å². The van der Waals surface area contributed by atoms with Crippen molar-refractivity contribution in [2.45, 2.75) is 26.2 Å². The van der Waals surface area contributed by atoms with Gasteiger partial charge in [0, 0.05) is 31.0 Å². The summed E-state index contributed by atoms with van der Waals surface area (Å²) >= 11 is 0. The molecule has 1 N–H and O–H groups in total. The number of hydrogen-bond donors (Lipinski definition) is 1. The van der Waals surface area contributed by atoms with E-state index in [0.29, 0.717) is 11.7 Å². The van der Waals surface area contributed by atoms with Crippen LogP contribution in [-0.4, -0.2) is 46.5 Å². The average molecular weight is 311 g/mol. The lowest BCUT2D eigenvalue weighted by atomic mass is 9.98. The van der Waals surface area contributed by atoms with E-state index in [4.69, 9.17) is 0 Å². The molecule has 1 saturated heterocycles. The number of pyridine rings is 1. The summed E-state index contributed by atoms with van der Waals surface area (Å²) in [6.45, 7) is 5.45. The highest BCUT2D eigenvalue weighted by molar-refractivity contribution is 5.52. The molecular weight excluding hydrogens is 286 g/mol. The number of aromatic nitrogens is 3. The predicted molar refractivity (Wildman–Crippen MR) is 93.4 cm³/mol. The average Bonchev–Trinajstić information content (AvgIpc) is 2.60. The Morgan fingerprint density at radius 2 is 2.22 bits per heavy atom. The summed E-state index contributed by atoms with van der Waals surface area (Å²) in [6.07, 6.45) is 5.24. The van der Waals surface area contributed by atoms with E-state index in [1.54, 1.807) is 6.20 Å². The zero-order chi connectivity index (χ0) is 16.1. The molecule has 0 radical (unpaired) electrons. The van der Waals surface area contributed by atoms with Crippen LogP contribution in [0.3, 0.4) is 0 Å². The van der Waals surface area contributed by atoms with Crippen molar-refractivity contribution >= 4 is 5.82 Å². The Hall–Kier alpha value is -2.01. The first-order valence-electron chi connectivity index (χ1n) is 8.46. The molecule has 1 aliphatic rings. The van der Waals surface area contributed by atoms with Gasteiger partial charge in [-0.1, -0.05) is 13.0 Å². The molecule has 0 spiro atoms. The third-order valence-electron chi connectivity index (χ3n) is 4.33. The molecule has 2 aromatic rings. The molecule has 3 heterocycles. The van der Waals surface area contributed by atoms with Crippen LogP contribution >= 0.6 is 0 Å². The molecule has 0 amide bonds. The number of rotatable bonds is 5. The van der Waals surface area contributed by atoms with Crippen LogP contribution < -0.4 is 5.32 Å². The van der Waals surface area contributed by atoms with Crippen molar-refractivity contribution in [3.8, 4) is 11.5 Å². The van der Waals surface area contributed by atoms with Crippen LogP contribution in [0, 0.1) is 5.92 Å². The number of piperidine rings is 1. The smallest absolute Gasteiger partial charge is 0.180 e. The van der Waals surface area contributed by atoms with Gasteiger partial charge in [-0.05, 0) is 50.9 Å². The maximum absolute atomic E-state index is 4.66. The molecule has 1 atom stereocenters. The second-order valence-electron chi connectivity index (χ2n) is 6.29. The topological polar surface area (TPSA) is 53.9 Å². The molecule has 5 nitrogen and oxygen atoms in total. The monoisotopic (exact) mass is 311 g/mol. The van der Waals surface area contributed by atoms with Gasteiger partial charge < -0.3 is 10.2 Å². The molecule has 1 fully saturated rings. The molecular formula is C18H25N5. The normalized spacial score (nSPS) is 18.8. The van der Waals surface area contributed by atoms with Gasteiger partial charge in [0.25, 0.3) is 0 Å². The van der Waals surface area contributed by atoms with Gasteiger partial charge in [0.1, 0.15) is 11.5 Å². The van der Waals surface area contributed by atoms with Crippen molar-refractivity contribution in [1.82, 2.24) is 19.9 Å². The molecule has 1 aliphatic heterocycles. The lowest BCUT2D eigenvalue weighted by molar-refractivity contribution is 0.217. The van der Waals surface area contributed by atoms with Crippen molar-refractivity contribution < 1.29 is 0 Å². The Morgan fingerprint density at radius 1 is 1.30 bits per heavy atom. The number of aryl methyl sites for hydroxylation is 1. The van der Waals surface area contributed by atoms with E-state index in [0.717, 1.165) is 36.7 Å². The Morgan fingerprint density at radius 3 is 2.96 bits per heavy atom. The highest BCUT2D eigenvalue weighted by atomic mass is 15.1. The van der Waals surface area contributed by atoms with E-state index >= 15 is 0 Å². The number of anilines is 1. The minimum Gasteiger partial charge on any atom is -0.370 e. The second kappa shape index (κ2) is 7.51. The zero-order valence-electron chi connectivity index (χ0n) is 14.0. The lowest BCUT2D eigenvalue weighted by Crippen LogP contribution is -2.35. The first-order valence-corrected chi connectivity index (χ1v) is 8.46. The molecule has 0 saturated carbocycles. The fraction of sp³-hybridized carbons (Fsp3) is 0.500. The zero-order valence-corrected chi connectivity index (χ0v) is 14.0. The van der Waals surface area contributed by atoms with Crippen LogP contribution in [0.25, 0.3) is 11.5 Å². The standard InChI is InChI=1S/C18H25N5/c1-3-15-11-17(20-12-14-7-6-10-23(2)13-14)22-18(21-15)16-8-4-5-9-19-16/h4-5,8-9,11,14H,3,6-7,10,12-13H2,1-2H3,(H,20,21,22). The minimum absolute atomic E-state index is 0.687. The summed E-state index contributed by atoms with van der Waals surface area (Å²) in [6, 6.07) is 7.88. The first kappa shape index (κ1) is 15.9. The molecule has 122 valence electrons. The van der Waals surface area contributed by atoms with Gasteiger partial charge in [0.15, 0.2) is 5.82 Å². The van der Waals surface area contributed by atoms with E-state index in [-0.39, 0.29) is 0 Å². The van der Waals surface area contributed by atoms with E-state index in [1.165, 1.54) is 19.4 Å². The van der Waals surface area contributed by atoms with Gasteiger partial charge in [-0.25, -0.2) is 9.97 Å². The molecule has 1 unspecified atom stereocenters. The summed E-state index contributed by atoms with van der Waals surface area (Å²) in [5.74, 6) is 2.30. The van der Waals surface area contributed by atoms with Crippen LogP contribution in [0.4, 0.5) is 5.82 Å². The van der Waals surface area contributed by atoms with Gasteiger partial charge >= 0.3 is 0 Å². The van der Waals surface area contributed by atoms with Gasteiger partial charge in [0.05, 0.1) is 0 Å². The molecule has 2 aromatic heterocycles. The van der Waals surface area contributed by atoms with E-state index < -0.39 is 0 Å². The van der Waals surface area contributed by atoms with Crippen LogP contribution in [0.15, 0.2) is 30.5 Å². The van der Waals surface area contributed by atoms with E-state index in [1.807, 2.05) is 18.2 Å². The van der Waals surface area contributed by atoms with Crippen molar-refractivity contribution in [3.05, 3.63) is 36.2 Å². The molecule has 23 heavy (non-hydrogen) atoms. The third-order valence-corrected chi connectivity index (χ3v) is 4.33. The van der Waals surface area contributed by atoms with Crippen LogP contribution in [0.5, 0.6) is 0 Å². The van der Waals surface area contributed by atoms with Crippen LogP contribution in [0.1, 0.15) is 25.5 Å². The Labute approximate surface area is 138 Å². The van der Waals surface area contributed by atoms with Gasteiger partial charge in [-0.15, -0.1) is 0 Å². The highest BCUT2D eigenvalue weighted by Gasteiger charge is 2.17. The van der Waals surface area contributed by atoms with Gasteiger partial charge in [-0.3, -0.25) is 4.98 Å². The van der Waals surface area contributed by atoms with Crippen molar-refractivity contribution in [2.24, 2.45) is 5.92 Å². The fourth-order valence-electron chi connectivity index (χ4n) is 3.07. The number of nitrogens with one attached hydrogen (secondary N) is 1.